The van der Waals surface area contributed by atoms with Gasteiger partial charge in [0.1, 0.15) is 11.5 Å². The third-order valence-electron chi connectivity index (χ3n) is 4.47. The third kappa shape index (κ3) is 4.56. The van der Waals surface area contributed by atoms with Crippen LogP contribution in [-0.4, -0.2) is 46.1 Å². The molecule has 7 nitrogen and oxygen atoms in total. The van der Waals surface area contributed by atoms with Gasteiger partial charge in [-0.15, -0.1) is 0 Å². The van der Waals surface area contributed by atoms with E-state index in [-0.39, 0.29) is 17.3 Å². The average Bonchev–Trinajstić information content (AvgIpc) is 2.68. The molecule has 1 aliphatic rings. The fourth-order valence-electron chi connectivity index (χ4n) is 2.95. The zero-order valence-electron chi connectivity index (χ0n) is 14.6. The van der Waals surface area contributed by atoms with Crippen molar-refractivity contribution in [2.45, 2.75) is 25.1 Å². The van der Waals surface area contributed by atoms with Crippen LogP contribution in [0.15, 0.2) is 36.7 Å². The molecule has 1 amide bonds. The largest absolute Gasteiger partial charge is 0.477 e. The second kappa shape index (κ2) is 7.83. The van der Waals surface area contributed by atoms with Crippen LogP contribution in [0.2, 0.25) is 0 Å². The number of carboxylic acids is 1. The lowest BCUT2D eigenvalue weighted by Crippen LogP contribution is -2.45. The van der Waals surface area contributed by atoms with Crippen LogP contribution in [0.5, 0.6) is 0 Å². The smallest absolute Gasteiger partial charge is 0.417 e. The summed E-state index contributed by atoms with van der Waals surface area (Å²) in [6.45, 7) is 1.06. The number of hydrogen-bond donors (Lipinski definition) is 2. The van der Waals surface area contributed by atoms with Gasteiger partial charge in [-0.25, -0.2) is 14.8 Å². The van der Waals surface area contributed by atoms with Crippen molar-refractivity contribution in [2.75, 3.05) is 18.0 Å². The number of anilines is 1. The first-order chi connectivity index (χ1) is 13.2. The van der Waals surface area contributed by atoms with Crippen LogP contribution in [0.1, 0.15) is 39.3 Å². The highest BCUT2D eigenvalue weighted by atomic mass is 19.4. The summed E-state index contributed by atoms with van der Waals surface area (Å²) < 4.78 is 37.8. The lowest BCUT2D eigenvalue weighted by molar-refractivity contribution is -0.137. The van der Waals surface area contributed by atoms with Gasteiger partial charge in [-0.1, -0.05) is 0 Å². The Bertz CT molecular complexity index is 863. The Morgan fingerprint density at radius 2 is 1.86 bits per heavy atom. The van der Waals surface area contributed by atoms with Gasteiger partial charge in [-0.2, -0.15) is 13.2 Å². The Kier molecular flexibility index (Phi) is 5.48. The molecular weight excluding hydrogens is 377 g/mol. The molecule has 0 atom stereocenters. The summed E-state index contributed by atoms with van der Waals surface area (Å²) >= 11 is 0. The maximum atomic E-state index is 12.6. The van der Waals surface area contributed by atoms with Crippen LogP contribution in [0.4, 0.5) is 19.0 Å². The minimum atomic E-state index is -4.42. The number of aromatic nitrogens is 2. The molecule has 1 aliphatic heterocycles. The van der Waals surface area contributed by atoms with Crippen LogP contribution < -0.4 is 10.2 Å². The number of aromatic carboxylic acids is 1. The van der Waals surface area contributed by atoms with Gasteiger partial charge in [0.2, 0.25) is 0 Å². The van der Waals surface area contributed by atoms with Gasteiger partial charge in [0, 0.05) is 37.1 Å². The van der Waals surface area contributed by atoms with Crippen molar-refractivity contribution < 1.29 is 27.9 Å². The van der Waals surface area contributed by atoms with Gasteiger partial charge in [-0.05, 0) is 37.1 Å². The quantitative estimate of drug-likeness (QED) is 0.828. The van der Waals surface area contributed by atoms with Crippen molar-refractivity contribution in [1.29, 1.82) is 0 Å². The van der Waals surface area contributed by atoms with Crippen LogP contribution in [0, 0.1) is 0 Å². The van der Waals surface area contributed by atoms with E-state index in [9.17, 15) is 22.8 Å². The molecule has 0 bridgehead atoms. The molecule has 0 aromatic carbocycles. The number of rotatable bonds is 4. The van der Waals surface area contributed by atoms with E-state index in [1.165, 1.54) is 24.4 Å². The van der Waals surface area contributed by atoms with E-state index in [2.05, 4.69) is 15.3 Å². The van der Waals surface area contributed by atoms with Crippen LogP contribution in [0.3, 0.4) is 0 Å². The summed E-state index contributed by atoms with van der Waals surface area (Å²) in [6.07, 6.45) is -1.17. The number of piperidine rings is 1. The molecule has 28 heavy (non-hydrogen) atoms. The minimum Gasteiger partial charge on any atom is -0.477 e. The van der Waals surface area contributed by atoms with Crippen molar-refractivity contribution in [3.05, 3.63) is 53.5 Å². The summed E-state index contributed by atoms with van der Waals surface area (Å²) in [6, 6.07) is 4.85. The molecule has 0 unspecified atom stereocenters. The number of hydrogen-bond acceptors (Lipinski definition) is 5. The summed E-state index contributed by atoms with van der Waals surface area (Å²) in [5.41, 5.74) is -0.799. The van der Waals surface area contributed by atoms with E-state index in [1.54, 1.807) is 0 Å². The van der Waals surface area contributed by atoms with Crippen LogP contribution in [-0.2, 0) is 6.18 Å². The first-order valence-corrected chi connectivity index (χ1v) is 8.52. The SMILES string of the molecule is O=C(NC1CCN(c2ccc(C(F)(F)F)cn2)CC1)c1ccnc(C(=O)O)c1. The predicted octanol–water partition coefficient (Wildman–Crippen LogP) is 2.59. The number of carboxylic acid groups (broad SMARTS) is 1. The summed E-state index contributed by atoms with van der Waals surface area (Å²) in [5, 5.41) is 11.8. The molecule has 0 spiro atoms. The molecule has 3 rings (SSSR count). The second-order valence-electron chi connectivity index (χ2n) is 6.37. The minimum absolute atomic E-state index is 0.125. The molecule has 0 radical (unpaired) electrons. The molecule has 10 heteroatoms. The number of amides is 1. The molecule has 2 aromatic rings. The van der Waals surface area contributed by atoms with Gasteiger partial charge in [0.05, 0.1) is 5.56 Å². The molecule has 148 valence electrons. The summed E-state index contributed by atoms with van der Waals surface area (Å²) in [4.78, 5) is 32.7. The molecule has 1 saturated heterocycles. The number of alkyl halides is 3. The van der Waals surface area contributed by atoms with E-state index in [1.807, 2.05) is 4.90 Å². The Morgan fingerprint density at radius 3 is 2.43 bits per heavy atom. The number of nitrogens with zero attached hydrogens (tertiary/aromatic N) is 3. The number of nitrogens with one attached hydrogen (secondary N) is 1. The fourth-order valence-corrected chi connectivity index (χ4v) is 2.95. The Labute approximate surface area is 158 Å². The van der Waals surface area contributed by atoms with Crippen LogP contribution in [0.25, 0.3) is 0 Å². The lowest BCUT2D eigenvalue weighted by Gasteiger charge is -2.33. The standard InChI is InChI=1S/C18H17F3N4O3/c19-18(20,21)12-1-2-15(23-10-12)25-7-4-13(5-8-25)24-16(26)11-3-6-22-14(9-11)17(27)28/h1-3,6,9-10,13H,4-5,7-8H2,(H,24,26)(H,27,28). The third-order valence-corrected chi connectivity index (χ3v) is 4.47. The predicted molar refractivity (Wildman–Crippen MR) is 93.1 cm³/mol. The Hall–Kier alpha value is -3.17. The molecule has 2 N–H and O–H groups in total. The van der Waals surface area contributed by atoms with E-state index in [0.29, 0.717) is 31.7 Å². The topological polar surface area (TPSA) is 95.4 Å². The molecule has 0 saturated carbocycles. The zero-order valence-corrected chi connectivity index (χ0v) is 14.6. The lowest BCUT2D eigenvalue weighted by atomic mass is 10.0. The number of carbonyl (C=O) groups is 2. The molecule has 2 aromatic heterocycles. The van der Waals surface area contributed by atoms with Crippen molar-refractivity contribution in [3.8, 4) is 0 Å². The highest BCUT2D eigenvalue weighted by Gasteiger charge is 2.31. The molecule has 3 heterocycles. The average molecular weight is 394 g/mol. The van der Waals surface area contributed by atoms with Gasteiger partial charge in [-0.3, -0.25) is 4.79 Å². The molecular formula is C18H17F3N4O3. The van der Waals surface area contributed by atoms with Gasteiger partial charge < -0.3 is 15.3 Å². The maximum Gasteiger partial charge on any atom is 0.417 e. The van der Waals surface area contributed by atoms with Crippen molar-refractivity contribution >= 4 is 17.7 Å². The number of pyridine rings is 2. The Balaban J connectivity index is 1.56. The monoisotopic (exact) mass is 394 g/mol. The second-order valence-corrected chi connectivity index (χ2v) is 6.37. The van der Waals surface area contributed by atoms with Crippen molar-refractivity contribution in [3.63, 3.8) is 0 Å². The Morgan fingerprint density at radius 1 is 1.14 bits per heavy atom. The van der Waals surface area contributed by atoms with Gasteiger partial charge >= 0.3 is 12.1 Å². The first-order valence-electron chi connectivity index (χ1n) is 8.52. The van der Waals surface area contributed by atoms with Crippen LogP contribution >= 0.6 is 0 Å². The van der Waals surface area contributed by atoms with Gasteiger partial charge in [0.25, 0.3) is 5.91 Å². The highest BCUT2D eigenvalue weighted by molar-refractivity contribution is 5.96. The molecule has 1 fully saturated rings. The highest BCUT2D eigenvalue weighted by Crippen LogP contribution is 2.29. The van der Waals surface area contributed by atoms with Crippen molar-refractivity contribution in [2.24, 2.45) is 0 Å². The van der Waals surface area contributed by atoms with E-state index >= 15 is 0 Å². The summed E-state index contributed by atoms with van der Waals surface area (Å²) in [7, 11) is 0. The zero-order chi connectivity index (χ0) is 20.3. The summed E-state index contributed by atoms with van der Waals surface area (Å²) in [5.74, 6) is -1.15. The normalized spacial score (nSPS) is 15.3. The number of halogens is 3. The number of carbonyl (C=O) groups excluding carboxylic acids is 1. The van der Waals surface area contributed by atoms with E-state index in [0.717, 1.165) is 12.3 Å². The van der Waals surface area contributed by atoms with E-state index in [4.69, 9.17) is 5.11 Å². The van der Waals surface area contributed by atoms with Crippen molar-refractivity contribution in [1.82, 2.24) is 15.3 Å². The van der Waals surface area contributed by atoms with E-state index < -0.39 is 23.6 Å². The van der Waals surface area contributed by atoms with Gasteiger partial charge in [0.15, 0.2) is 0 Å². The molecule has 0 aliphatic carbocycles. The maximum absolute atomic E-state index is 12.6. The fraction of sp³-hybridized carbons (Fsp3) is 0.333. The first kappa shape index (κ1) is 19.6.